The molecule has 0 radical (unpaired) electrons. The minimum absolute atomic E-state index is 0.137. The third kappa shape index (κ3) is 2.88. The number of furan rings is 1. The quantitative estimate of drug-likeness (QED) is 0.647. The number of nitrogens with zero attached hydrogens (tertiary/aromatic N) is 2. The Hall–Kier alpha value is -3.38. The fourth-order valence-electron chi connectivity index (χ4n) is 3.65. The smallest absolute Gasteiger partial charge is 0.232 e. The van der Waals surface area contributed by atoms with Crippen LogP contribution < -0.4 is 9.47 Å². The normalized spacial score (nSPS) is 17.2. The Bertz CT molecular complexity index is 1070. The Kier molecular flexibility index (Phi) is 3.98. The van der Waals surface area contributed by atoms with Crippen LogP contribution in [0.25, 0.3) is 6.08 Å². The highest BCUT2D eigenvalue weighted by atomic mass is 16.5. The van der Waals surface area contributed by atoms with E-state index in [9.17, 15) is 4.79 Å². The van der Waals surface area contributed by atoms with Crippen LogP contribution in [0.1, 0.15) is 32.8 Å². The van der Waals surface area contributed by atoms with Crippen LogP contribution >= 0.6 is 0 Å². The molecule has 0 amide bonds. The van der Waals surface area contributed by atoms with E-state index in [1.54, 1.807) is 30.7 Å². The first kappa shape index (κ1) is 16.8. The van der Waals surface area contributed by atoms with E-state index in [2.05, 4.69) is 9.88 Å². The van der Waals surface area contributed by atoms with Gasteiger partial charge in [0, 0.05) is 42.7 Å². The molecule has 0 unspecified atom stereocenters. The minimum Gasteiger partial charge on any atom is -0.477 e. The summed E-state index contributed by atoms with van der Waals surface area (Å²) >= 11 is 0. The van der Waals surface area contributed by atoms with Crippen molar-refractivity contribution in [3.8, 4) is 11.5 Å². The number of carbonyl (C=O) groups excluding carboxylic acids is 1. The number of allylic oxidation sites excluding steroid dienone is 1. The lowest BCUT2D eigenvalue weighted by atomic mass is 10.00. The van der Waals surface area contributed by atoms with Crippen LogP contribution in [0.5, 0.6) is 11.5 Å². The van der Waals surface area contributed by atoms with E-state index >= 15 is 0 Å². The monoisotopic (exact) mass is 374 g/mol. The number of hydrogen-bond donors (Lipinski definition) is 0. The van der Waals surface area contributed by atoms with Crippen molar-refractivity contribution in [1.82, 2.24) is 9.88 Å². The fourth-order valence-corrected chi connectivity index (χ4v) is 3.65. The first-order valence-corrected chi connectivity index (χ1v) is 9.07. The van der Waals surface area contributed by atoms with Crippen LogP contribution in [0, 0.1) is 6.92 Å². The van der Waals surface area contributed by atoms with Crippen LogP contribution in [-0.4, -0.2) is 22.4 Å². The number of Topliss-reactive ketones (excluding diaryl/α,β-unsaturated/α-hetero) is 1. The molecule has 2 aliphatic heterocycles. The summed E-state index contributed by atoms with van der Waals surface area (Å²) in [7, 11) is 0. The summed E-state index contributed by atoms with van der Waals surface area (Å²) in [6.07, 6.45) is 6.80. The standard InChI is InChI=1S/C22H18N2O4/c1-14-21-16(12-24(13-27-21)11-15-4-2-6-23-10-15)8-18-20(25)19(28-22(14)18)9-17-5-3-7-26-17/h2-10H,11-13H2,1H3/b19-9-. The zero-order chi connectivity index (χ0) is 19.1. The van der Waals surface area contributed by atoms with Crippen LogP contribution in [0.3, 0.4) is 0 Å². The number of hydrogen-bond acceptors (Lipinski definition) is 6. The molecule has 0 saturated heterocycles. The molecule has 0 aliphatic carbocycles. The van der Waals surface area contributed by atoms with Crippen LogP contribution in [-0.2, 0) is 13.1 Å². The first-order valence-electron chi connectivity index (χ1n) is 9.07. The second-order valence-corrected chi connectivity index (χ2v) is 6.94. The Balaban J connectivity index is 1.44. The molecule has 0 spiro atoms. The van der Waals surface area contributed by atoms with Gasteiger partial charge < -0.3 is 13.9 Å². The minimum atomic E-state index is -0.137. The second kappa shape index (κ2) is 6.65. The summed E-state index contributed by atoms with van der Waals surface area (Å²) in [5, 5.41) is 0. The maximum atomic E-state index is 12.8. The van der Waals surface area contributed by atoms with Gasteiger partial charge in [-0.05, 0) is 36.8 Å². The molecule has 4 heterocycles. The van der Waals surface area contributed by atoms with E-state index in [4.69, 9.17) is 13.9 Å². The maximum absolute atomic E-state index is 12.8. The van der Waals surface area contributed by atoms with Crippen molar-refractivity contribution in [2.45, 2.75) is 20.0 Å². The lowest BCUT2D eigenvalue weighted by molar-refractivity contribution is 0.0876. The number of rotatable bonds is 3. The molecule has 6 heteroatoms. The summed E-state index contributed by atoms with van der Waals surface area (Å²) in [5.41, 5.74) is 3.53. The average Bonchev–Trinajstić information content (AvgIpc) is 3.32. The summed E-state index contributed by atoms with van der Waals surface area (Å²) in [4.78, 5) is 19.2. The van der Waals surface area contributed by atoms with E-state index < -0.39 is 0 Å². The molecule has 1 aromatic carbocycles. The zero-order valence-electron chi connectivity index (χ0n) is 15.3. The molecule has 0 saturated carbocycles. The number of carbonyl (C=O) groups is 1. The predicted molar refractivity (Wildman–Crippen MR) is 102 cm³/mol. The van der Waals surface area contributed by atoms with E-state index in [1.165, 1.54) is 0 Å². The summed E-state index contributed by atoms with van der Waals surface area (Å²) in [6.45, 7) is 3.84. The Labute approximate surface area is 162 Å². The fraction of sp³-hybridized carbons (Fsp3) is 0.182. The SMILES string of the molecule is Cc1c2c(cc3c1O/C(=C\c1ccco1)C3=O)CN(Cc1cccnc1)CO2. The summed E-state index contributed by atoms with van der Waals surface area (Å²) in [6, 6.07) is 9.41. The van der Waals surface area contributed by atoms with Gasteiger partial charge in [-0.1, -0.05) is 6.07 Å². The van der Waals surface area contributed by atoms with Crippen LogP contribution in [0.15, 0.2) is 59.2 Å². The second-order valence-electron chi connectivity index (χ2n) is 6.94. The molecule has 0 bridgehead atoms. The average molecular weight is 374 g/mol. The number of benzene rings is 1. The number of fused-ring (bicyclic) bond motifs is 2. The van der Waals surface area contributed by atoms with Gasteiger partial charge in [0.2, 0.25) is 5.78 Å². The van der Waals surface area contributed by atoms with Gasteiger partial charge in [0.15, 0.2) is 5.76 Å². The third-order valence-electron chi connectivity index (χ3n) is 4.95. The van der Waals surface area contributed by atoms with E-state index in [0.717, 1.165) is 29.0 Å². The molecule has 0 fully saturated rings. The summed E-state index contributed by atoms with van der Waals surface area (Å²) < 4.78 is 17.2. The van der Waals surface area contributed by atoms with Crippen molar-refractivity contribution in [2.75, 3.05) is 6.73 Å². The molecule has 28 heavy (non-hydrogen) atoms. The Morgan fingerprint density at radius 1 is 1.25 bits per heavy atom. The van der Waals surface area contributed by atoms with Crippen molar-refractivity contribution in [2.24, 2.45) is 0 Å². The zero-order valence-corrected chi connectivity index (χ0v) is 15.3. The van der Waals surface area contributed by atoms with Crippen molar-refractivity contribution in [3.05, 3.63) is 82.8 Å². The van der Waals surface area contributed by atoms with Crippen molar-refractivity contribution in [1.29, 1.82) is 0 Å². The molecule has 140 valence electrons. The Morgan fingerprint density at radius 2 is 2.18 bits per heavy atom. The van der Waals surface area contributed by atoms with Gasteiger partial charge >= 0.3 is 0 Å². The van der Waals surface area contributed by atoms with Gasteiger partial charge in [-0.25, -0.2) is 0 Å². The van der Waals surface area contributed by atoms with Crippen molar-refractivity contribution < 1.29 is 18.7 Å². The van der Waals surface area contributed by atoms with E-state index in [-0.39, 0.29) is 11.5 Å². The molecule has 6 nitrogen and oxygen atoms in total. The Morgan fingerprint density at radius 3 is 2.96 bits per heavy atom. The largest absolute Gasteiger partial charge is 0.477 e. The number of ether oxygens (including phenoxy) is 2. The molecule has 2 aromatic heterocycles. The molecular formula is C22H18N2O4. The maximum Gasteiger partial charge on any atom is 0.232 e. The highest BCUT2D eigenvalue weighted by Gasteiger charge is 2.33. The number of pyridine rings is 1. The van der Waals surface area contributed by atoms with Crippen LogP contribution in [0.2, 0.25) is 0 Å². The predicted octanol–water partition coefficient (Wildman–Crippen LogP) is 3.95. The highest BCUT2D eigenvalue weighted by Crippen LogP contribution is 2.43. The van der Waals surface area contributed by atoms with Gasteiger partial charge in [0.1, 0.15) is 24.0 Å². The molecule has 0 atom stereocenters. The first-order chi connectivity index (χ1) is 13.7. The third-order valence-corrected chi connectivity index (χ3v) is 4.95. The van der Waals surface area contributed by atoms with Gasteiger partial charge in [0.05, 0.1) is 11.8 Å². The molecule has 2 aliphatic rings. The topological polar surface area (TPSA) is 64.8 Å². The molecule has 0 N–H and O–H groups in total. The molecular weight excluding hydrogens is 356 g/mol. The lowest BCUT2D eigenvalue weighted by Gasteiger charge is -2.30. The van der Waals surface area contributed by atoms with Crippen molar-refractivity contribution in [3.63, 3.8) is 0 Å². The highest BCUT2D eigenvalue weighted by molar-refractivity contribution is 6.15. The number of aromatic nitrogens is 1. The van der Waals surface area contributed by atoms with Crippen molar-refractivity contribution >= 4 is 11.9 Å². The van der Waals surface area contributed by atoms with Gasteiger partial charge in [-0.2, -0.15) is 0 Å². The molecule has 5 rings (SSSR count). The number of ketones is 1. The van der Waals surface area contributed by atoms with Gasteiger partial charge in [0.25, 0.3) is 0 Å². The molecule has 3 aromatic rings. The van der Waals surface area contributed by atoms with E-state index in [1.807, 2.05) is 31.3 Å². The summed E-state index contributed by atoms with van der Waals surface area (Å²) in [5.74, 6) is 2.08. The van der Waals surface area contributed by atoms with Crippen LogP contribution in [0.4, 0.5) is 0 Å². The van der Waals surface area contributed by atoms with Gasteiger partial charge in [-0.15, -0.1) is 0 Å². The lowest BCUT2D eigenvalue weighted by Crippen LogP contribution is -2.32. The van der Waals surface area contributed by atoms with Gasteiger partial charge in [-0.3, -0.25) is 14.7 Å². The van der Waals surface area contributed by atoms with E-state index in [0.29, 0.717) is 30.3 Å².